The van der Waals surface area contributed by atoms with Crippen molar-refractivity contribution in [2.24, 2.45) is 5.41 Å². The fourth-order valence-electron chi connectivity index (χ4n) is 1.03. The molecule has 3 heteroatoms. The van der Waals surface area contributed by atoms with Gasteiger partial charge in [-0.1, -0.05) is 36.7 Å². The topological polar surface area (TPSA) is 26.0 Å². The van der Waals surface area contributed by atoms with Crippen molar-refractivity contribution in [1.29, 1.82) is 0 Å². The van der Waals surface area contributed by atoms with Crippen LogP contribution in [0.2, 0.25) is 0 Å². The molecule has 0 aromatic carbocycles. The van der Waals surface area contributed by atoms with E-state index in [1.54, 1.807) is 0 Å². The first-order chi connectivity index (χ1) is 5.53. The van der Waals surface area contributed by atoms with Crippen molar-refractivity contribution in [2.45, 2.75) is 32.5 Å². The number of hydrogen-bond acceptors (Lipinski definition) is 2. The third kappa shape index (κ3) is 2.63. The van der Waals surface area contributed by atoms with E-state index in [0.29, 0.717) is 0 Å². The molecule has 0 aliphatic carbocycles. The molecule has 1 rings (SSSR count). The van der Waals surface area contributed by atoms with Gasteiger partial charge in [0.1, 0.15) is 5.76 Å². The van der Waals surface area contributed by atoms with E-state index >= 15 is 0 Å². The van der Waals surface area contributed by atoms with Gasteiger partial charge in [-0.2, -0.15) is 0 Å². The van der Waals surface area contributed by atoms with Gasteiger partial charge in [0.05, 0.1) is 5.69 Å². The van der Waals surface area contributed by atoms with E-state index < -0.39 is 0 Å². The highest BCUT2D eigenvalue weighted by Crippen LogP contribution is 2.23. The van der Waals surface area contributed by atoms with Crippen molar-refractivity contribution < 1.29 is 4.42 Å². The highest BCUT2D eigenvalue weighted by atomic mass is 79.9. The Hall–Kier alpha value is -0.310. The van der Waals surface area contributed by atoms with Gasteiger partial charge in [0, 0.05) is 11.8 Å². The lowest BCUT2D eigenvalue weighted by Gasteiger charge is -2.16. The van der Waals surface area contributed by atoms with Gasteiger partial charge in [0.25, 0.3) is 0 Å². The van der Waals surface area contributed by atoms with Crippen LogP contribution in [0, 0.1) is 5.41 Å². The molecule has 68 valence electrons. The lowest BCUT2D eigenvalue weighted by Crippen LogP contribution is -2.09. The third-order valence-electron chi connectivity index (χ3n) is 1.54. The molecule has 1 aromatic rings. The molecule has 0 radical (unpaired) electrons. The molecule has 0 N–H and O–H groups in total. The number of rotatable bonds is 2. The Balaban J connectivity index is 2.75. The molecule has 12 heavy (non-hydrogen) atoms. The number of aromatic nitrogens is 1. The van der Waals surface area contributed by atoms with Crippen molar-refractivity contribution in [1.82, 2.24) is 4.98 Å². The number of nitrogens with zero attached hydrogens (tertiary/aromatic N) is 1. The fraction of sp³-hybridized carbons (Fsp3) is 0.667. The molecule has 0 spiro atoms. The van der Waals surface area contributed by atoms with Gasteiger partial charge < -0.3 is 4.42 Å². The summed E-state index contributed by atoms with van der Waals surface area (Å²) in [6.45, 7) is 6.56. The molecule has 0 aliphatic rings. The van der Waals surface area contributed by atoms with Gasteiger partial charge >= 0.3 is 0 Å². The van der Waals surface area contributed by atoms with Crippen molar-refractivity contribution in [3.05, 3.63) is 17.8 Å². The predicted molar refractivity (Wildman–Crippen MR) is 52.3 cm³/mol. The van der Waals surface area contributed by atoms with E-state index in [-0.39, 0.29) is 5.41 Å². The van der Waals surface area contributed by atoms with Gasteiger partial charge in [-0.3, -0.25) is 0 Å². The van der Waals surface area contributed by atoms with E-state index in [2.05, 4.69) is 41.7 Å². The number of alkyl halides is 1. The monoisotopic (exact) mass is 231 g/mol. The Bertz CT molecular complexity index is 249. The van der Waals surface area contributed by atoms with E-state index in [9.17, 15) is 0 Å². The van der Waals surface area contributed by atoms with E-state index in [4.69, 9.17) is 4.42 Å². The summed E-state index contributed by atoms with van der Waals surface area (Å²) in [6.07, 6.45) is 2.45. The number of hydrogen-bond donors (Lipinski definition) is 0. The van der Waals surface area contributed by atoms with Crippen LogP contribution in [0.4, 0.5) is 0 Å². The summed E-state index contributed by atoms with van der Waals surface area (Å²) >= 11 is 3.37. The molecule has 0 aliphatic heterocycles. The molecule has 2 nitrogen and oxygen atoms in total. The molecule has 0 unspecified atom stereocenters. The smallest absolute Gasteiger partial charge is 0.181 e. The minimum Gasteiger partial charge on any atom is -0.448 e. The maximum Gasteiger partial charge on any atom is 0.181 e. The second kappa shape index (κ2) is 3.60. The SMILES string of the molecule is CC(C)(C)Cc1ocnc1CBr. The summed E-state index contributed by atoms with van der Waals surface area (Å²) < 4.78 is 5.29. The average molecular weight is 232 g/mol. The van der Waals surface area contributed by atoms with Crippen molar-refractivity contribution in [2.75, 3.05) is 0 Å². The highest BCUT2D eigenvalue weighted by molar-refractivity contribution is 9.08. The molecule has 1 heterocycles. The molecule has 1 aromatic heterocycles. The van der Waals surface area contributed by atoms with Crippen molar-refractivity contribution in [3.63, 3.8) is 0 Å². The summed E-state index contributed by atoms with van der Waals surface area (Å²) in [7, 11) is 0. The van der Waals surface area contributed by atoms with E-state index in [1.165, 1.54) is 6.39 Å². The zero-order chi connectivity index (χ0) is 9.19. The van der Waals surface area contributed by atoms with Gasteiger partial charge in [0.2, 0.25) is 0 Å². The van der Waals surface area contributed by atoms with E-state index in [1.807, 2.05) is 0 Å². The molecule has 0 saturated carbocycles. The van der Waals surface area contributed by atoms with Gasteiger partial charge in [-0.25, -0.2) is 4.98 Å². The quantitative estimate of drug-likeness (QED) is 0.732. The van der Waals surface area contributed by atoms with Crippen LogP contribution in [0.1, 0.15) is 32.2 Å². The van der Waals surface area contributed by atoms with Crippen LogP contribution in [0.15, 0.2) is 10.8 Å². The molecular formula is C9H14BrNO. The Morgan fingerprint density at radius 2 is 2.17 bits per heavy atom. The van der Waals surface area contributed by atoms with Crippen molar-refractivity contribution in [3.8, 4) is 0 Å². The molecular weight excluding hydrogens is 218 g/mol. The minimum absolute atomic E-state index is 0.260. The summed E-state index contributed by atoms with van der Waals surface area (Å²) in [5.74, 6) is 0.999. The summed E-state index contributed by atoms with van der Waals surface area (Å²) in [5.41, 5.74) is 1.28. The normalized spacial score (nSPS) is 12.0. The highest BCUT2D eigenvalue weighted by Gasteiger charge is 2.16. The van der Waals surface area contributed by atoms with Crippen molar-refractivity contribution >= 4 is 15.9 Å². The minimum atomic E-state index is 0.260. The first-order valence-corrected chi connectivity index (χ1v) is 5.12. The van der Waals surface area contributed by atoms with Crippen LogP contribution in [0.25, 0.3) is 0 Å². The van der Waals surface area contributed by atoms with Gasteiger partial charge in [-0.15, -0.1) is 0 Å². The predicted octanol–water partition coefficient (Wildman–Crippen LogP) is 3.16. The average Bonchev–Trinajstić information content (AvgIpc) is 2.31. The Morgan fingerprint density at radius 1 is 1.50 bits per heavy atom. The van der Waals surface area contributed by atoms with Crippen LogP contribution in [0.3, 0.4) is 0 Å². The van der Waals surface area contributed by atoms with Crippen LogP contribution >= 0.6 is 15.9 Å². The zero-order valence-corrected chi connectivity index (χ0v) is 9.31. The van der Waals surface area contributed by atoms with Crippen LogP contribution < -0.4 is 0 Å². The first kappa shape index (κ1) is 9.78. The molecule has 0 saturated heterocycles. The van der Waals surface area contributed by atoms with Gasteiger partial charge in [-0.05, 0) is 5.41 Å². The maximum atomic E-state index is 5.29. The zero-order valence-electron chi connectivity index (χ0n) is 7.72. The Labute approximate surface area is 81.5 Å². The number of halogens is 1. The molecule has 0 amide bonds. The number of oxazole rings is 1. The summed E-state index contributed by atoms with van der Waals surface area (Å²) in [5, 5.41) is 0.773. The van der Waals surface area contributed by atoms with E-state index in [0.717, 1.165) is 23.2 Å². The lowest BCUT2D eigenvalue weighted by molar-refractivity contribution is 0.361. The second-order valence-corrected chi connectivity index (χ2v) is 4.65. The second-order valence-electron chi connectivity index (χ2n) is 4.09. The summed E-state index contributed by atoms with van der Waals surface area (Å²) in [4.78, 5) is 4.11. The first-order valence-electron chi connectivity index (χ1n) is 4.00. The molecule has 0 atom stereocenters. The largest absolute Gasteiger partial charge is 0.448 e. The molecule has 0 fully saturated rings. The third-order valence-corrected chi connectivity index (χ3v) is 2.07. The standard InChI is InChI=1S/C9H14BrNO/c1-9(2,3)4-8-7(5-10)11-6-12-8/h6H,4-5H2,1-3H3. The van der Waals surface area contributed by atoms with Crippen LogP contribution in [0.5, 0.6) is 0 Å². The van der Waals surface area contributed by atoms with Gasteiger partial charge in [0.15, 0.2) is 6.39 Å². The van der Waals surface area contributed by atoms with Crippen LogP contribution in [-0.4, -0.2) is 4.98 Å². The van der Waals surface area contributed by atoms with Crippen LogP contribution in [-0.2, 0) is 11.8 Å². The maximum absolute atomic E-state index is 5.29. The summed E-state index contributed by atoms with van der Waals surface area (Å²) in [6, 6.07) is 0. The Kier molecular flexibility index (Phi) is 2.94. The Morgan fingerprint density at radius 3 is 2.67 bits per heavy atom. The fourth-order valence-corrected chi connectivity index (χ4v) is 1.49. The molecule has 0 bridgehead atoms. The lowest BCUT2D eigenvalue weighted by atomic mass is 9.90.